The van der Waals surface area contributed by atoms with Crippen LogP contribution in [0.15, 0.2) is 22.8 Å². The van der Waals surface area contributed by atoms with Crippen LogP contribution in [0.1, 0.15) is 12.2 Å². The van der Waals surface area contributed by atoms with Crippen molar-refractivity contribution in [3.63, 3.8) is 0 Å². The largest absolute Gasteiger partial charge is 0.469 e. The van der Waals surface area contributed by atoms with Gasteiger partial charge in [0.05, 0.1) is 12.9 Å². The van der Waals surface area contributed by atoms with Crippen LogP contribution in [0.4, 0.5) is 0 Å². The number of nitrogens with zero attached hydrogens (tertiary/aromatic N) is 1. The van der Waals surface area contributed by atoms with E-state index in [1.807, 2.05) is 19.2 Å². The summed E-state index contributed by atoms with van der Waals surface area (Å²) in [5, 5.41) is 8.66. The predicted octanol–water partition coefficient (Wildman–Crippen LogP) is 1.14. The molecule has 74 valence electrons. The van der Waals surface area contributed by atoms with Gasteiger partial charge >= 0.3 is 0 Å². The first kappa shape index (κ1) is 10.3. The van der Waals surface area contributed by atoms with Crippen molar-refractivity contribution in [3.8, 4) is 0 Å². The van der Waals surface area contributed by atoms with E-state index < -0.39 is 0 Å². The van der Waals surface area contributed by atoms with Gasteiger partial charge < -0.3 is 14.4 Å². The van der Waals surface area contributed by atoms with Crippen LogP contribution in [-0.2, 0) is 6.42 Å². The maximum atomic E-state index is 8.66. The number of aryl methyl sites for hydroxylation is 1. The molecule has 1 aromatic rings. The molecular weight excluding hydrogens is 166 g/mol. The van der Waals surface area contributed by atoms with Gasteiger partial charge in [0.1, 0.15) is 5.76 Å². The molecule has 0 amide bonds. The zero-order chi connectivity index (χ0) is 9.52. The van der Waals surface area contributed by atoms with Crippen LogP contribution < -0.4 is 0 Å². The van der Waals surface area contributed by atoms with Crippen molar-refractivity contribution in [2.24, 2.45) is 0 Å². The average Bonchev–Trinajstić information content (AvgIpc) is 2.57. The lowest BCUT2D eigenvalue weighted by molar-refractivity contribution is 0.219. The summed E-state index contributed by atoms with van der Waals surface area (Å²) in [6.45, 7) is 1.98. The molecule has 1 heterocycles. The summed E-state index contributed by atoms with van der Waals surface area (Å²) in [6.07, 6.45) is 3.75. The smallest absolute Gasteiger partial charge is 0.103 e. The van der Waals surface area contributed by atoms with Gasteiger partial charge in [-0.15, -0.1) is 0 Å². The molecule has 3 heteroatoms. The van der Waals surface area contributed by atoms with Gasteiger partial charge in [-0.05, 0) is 32.1 Å². The molecule has 1 rings (SSSR count). The molecule has 3 nitrogen and oxygen atoms in total. The van der Waals surface area contributed by atoms with E-state index in [1.54, 1.807) is 6.26 Å². The van der Waals surface area contributed by atoms with Crippen molar-refractivity contribution in [1.82, 2.24) is 4.90 Å². The Bertz CT molecular complexity index is 209. The van der Waals surface area contributed by atoms with Crippen LogP contribution in [0.5, 0.6) is 0 Å². The molecule has 0 bridgehead atoms. The minimum Gasteiger partial charge on any atom is -0.469 e. The molecular formula is C10H17NO2. The number of hydrogen-bond donors (Lipinski definition) is 1. The van der Waals surface area contributed by atoms with Crippen LogP contribution in [0.2, 0.25) is 0 Å². The molecule has 0 saturated carbocycles. The van der Waals surface area contributed by atoms with Gasteiger partial charge in [-0.1, -0.05) is 0 Å². The number of aliphatic hydroxyl groups excluding tert-OH is 1. The Balaban J connectivity index is 2.07. The first-order valence-corrected chi connectivity index (χ1v) is 4.64. The molecule has 0 aliphatic carbocycles. The summed E-state index contributed by atoms with van der Waals surface area (Å²) in [6, 6.07) is 3.90. The van der Waals surface area contributed by atoms with Gasteiger partial charge in [0.15, 0.2) is 0 Å². The standard InChI is InChI=1S/C10H17NO2/c1-11(7-8-12)6-2-4-10-5-3-9-13-10/h3,5,9,12H,2,4,6-8H2,1H3. The highest BCUT2D eigenvalue weighted by Gasteiger charge is 1.98. The SMILES string of the molecule is CN(CCO)CCCc1ccco1. The third-order valence-electron chi connectivity index (χ3n) is 2.02. The number of hydrogen-bond acceptors (Lipinski definition) is 3. The highest BCUT2D eigenvalue weighted by molar-refractivity contribution is 4.97. The van der Waals surface area contributed by atoms with Crippen molar-refractivity contribution >= 4 is 0 Å². The highest BCUT2D eigenvalue weighted by atomic mass is 16.3. The van der Waals surface area contributed by atoms with E-state index in [-0.39, 0.29) is 6.61 Å². The lowest BCUT2D eigenvalue weighted by atomic mass is 10.2. The number of furan rings is 1. The minimum absolute atomic E-state index is 0.233. The molecule has 1 aromatic heterocycles. The topological polar surface area (TPSA) is 36.6 Å². The summed E-state index contributed by atoms with van der Waals surface area (Å²) in [7, 11) is 2.01. The number of likely N-dealkylation sites (N-methyl/N-ethyl adjacent to an activating group) is 1. The maximum absolute atomic E-state index is 8.66. The molecule has 0 aliphatic rings. The fraction of sp³-hybridized carbons (Fsp3) is 0.600. The van der Waals surface area contributed by atoms with Gasteiger partial charge in [0, 0.05) is 13.0 Å². The van der Waals surface area contributed by atoms with Crippen molar-refractivity contribution < 1.29 is 9.52 Å². The molecule has 0 spiro atoms. The summed E-state index contributed by atoms with van der Waals surface area (Å²) < 4.78 is 5.21. The number of aliphatic hydroxyl groups is 1. The third-order valence-corrected chi connectivity index (χ3v) is 2.02. The highest BCUT2D eigenvalue weighted by Crippen LogP contribution is 2.03. The van der Waals surface area contributed by atoms with Crippen LogP contribution in [0.25, 0.3) is 0 Å². The molecule has 0 unspecified atom stereocenters. The van der Waals surface area contributed by atoms with Crippen molar-refractivity contribution in [2.45, 2.75) is 12.8 Å². The molecule has 13 heavy (non-hydrogen) atoms. The summed E-state index contributed by atoms with van der Waals surface area (Å²) >= 11 is 0. The number of rotatable bonds is 6. The van der Waals surface area contributed by atoms with Crippen molar-refractivity contribution in [3.05, 3.63) is 24.2 Å². The van der Waals surface area contributed by atoms with E-state index in [0.717, 1.165) is 31.7 Å². The molecule has 0 atom stereocenters. The second-order valence-corrected chi connectivity index (χ2v) is 3.21. The Morgan fingerprint density at radius 3 is 2.92 bits per heavy atom. The van der Waals surface area contributed by atoms with E-state index in [2.05, 4.69) is 4.90 Å². The lowest BCUT2D eigenvalue weighted by Crippen LogP contribution is -2.23. The van der Waals surface area contributed by atoms with E-state index in [9.17, 15) is 0 Å². The monoisotopic (exact) mass is 183 g/mol. The normalized spacial score (nSPS) is 11.0. The third kappa shape index (κ3) is 4.10. The minimum atomic E-state index is 0.233. The Labute approximate surface area is 79.0 Å². The average molecular weight is 183 g/mol. The summed E-state index contributed by atoms with van der Waals surface area (Å²) in [5.74, 6) is 1.04. The zero-order valence-electron chi connectivity index (χ0n) is 8.07. The maximum Gasteiger partial charge on any atom is 0.103 e. The van der Waals surface area contributed by atoms with Crippen LogP contribution in [0, 0.1) is 0 Å². The van der Waals surface area contributed by atoms with E-state index in [1.165, 1.54) is 0 Å². The fourth-order valence-corrected chi connectivity index (χ4v) is 1.26. The molecule has 0 aromatic carbocycles. The first-order chi connectivity index (χ1) is 6.33. The van der Waals surface area contributed by atoms with Crippen molar-refractivity contribution in [1.29, 1.82) is 0 Å². The van der Waals surface area contributed by atoms with Gasteiger partial charge in [0.2, 0.25) is 0 Å². The van der Waals surface area contributed by atoms with Gasteiger partial charge in [0.25, 0.3) is 0 Å². The van der Waals surface area contributed by atoms with E-state index in [4.69, 9.17) is 9.52 Å². The van der Waals surface area contributed by atoms with Crippen LogP contribution in [0.3, 0.4) is 0 Å². The molecule has 0 fully saturated rings. The van der Waals surface area contributed by atoms with Gasteiger partial charge in [-0.2, -0.15) is 0 Å². The summed E-state index contributed by atoms with van der Waals surface area (Å²) in [5.41, 5.74) is 0. The first-order valence-electron chi connectivity index (χ1n) is 4.64. The molecule has 0 saturated heterocycles. The predicted molar refractivity (Wildman–Crippen MR) is 51.6 cm³/mol. The lowest BCUT2D eigenvalue weighted by Gasteiger charge is -2.13. The molecule has 0 radical (unpaired) electrons. The van der Waals surface area contributed by atoms with Crippen molar-refractivity contribution in [2.75, 3.05) is 26.7 Å². The van der Waals surface area contributed by atoms with E-state index >= 15 is 0 Å². The molecule has 0 aliphatic heterocycles. The second-order valence-electron chi connectivity index (χ2n) is 3.21. The van der Waals surface area contributed by atoms with E-state index in [0.29, 0.717) is 0 Å². The fourth-order valence-electron chi connectivity index (χ4n) is 1.26. The Morgan fingerprint density at radius 2 is 2.31 bits per heavy atom. The molecule has 1 N–H and O–H groups in total. The Kier molecular flexibility index (Phi) is 4.57. The van der Waals surface area contributed by atoms with Crippen LogP contribution >= 0.6 is 0 Å². The zero-order valence-corrected chi connectivity index (χ0v) is 8.07. The second kappa shape index (κ2) is 5.78. The Morgan fingerprint density at radius 1 is 1.46 bits per heavy atom. The van der Waals surface area contributed by atoms with Gasteiger partial charge in [-0.25, -0.2) is 0 Å². The van der Waals surface area contributed by atoms with Crippen LogP contribution in [-0.4, -0.2) is 36.8 Å². The summed E-state index contributed by atoms with van der Waals surface area (Å²) in [4.78, 5) is 2.11. The van der Waals surface area contributed by atoms with Gasteiger partial charge in [-0.3, -0.25) is 0 Å². The Hall–Kier alpha value is -0.800. The quantitative estimate of drug-likeness (QED) is 0.718.